The summed E-state index contributed by atoms with van der Waals surface area (Å²) in [6, 6.07) is 9.11. The minimum Gasteiger partial charge on any atom is -0.744 e. The zero-order chi connectivity index (χ0) is 40.8. The molecule has 3 heterocycles. The molecule has 299 valence electrons. The molecule has 13 nitrogen and oxygen atoms in total. The maximum atomic E-state index is 12.3. The van der Waals surface area contributed by atoms with E-state index < -0.39 is 48.8 Å². The van der Waals surface area contributed by atoms with Crippen molar-refractivity contribution in [3.8, 4) is 0 Å². The molecular formula is C41H47KN3O10S2. The van der Waals surface area contributed by atoms with Crippen LogP contribution in [-0.2, 0) is 50.3 Å². The van der Waals surface area contributed by atoms with E-state index in [1.54, 1.807) is 12.1 Å². The second kappa shape index (κ2) is 17.3. The van der Waals surface area contributed by atoms with Gasteiger partial charge < -0.3 is 14.3 Å². The summed E-state index contributed by atoms with van der Waals surface area (Å²) in [5.74, 6) is -1.69. The van der Waals surface area contributed by atoms with Crippen molar-refractivity contribution in [1.29, 1.82) is 0 Å². The normalized spacial score (nSPS) is 20.4. The van der Waals surface area contributed by atoms with Crippen LogP contribution in [0.2, 0.25) is 0 Å². The third kappa shape index (κ3) is 9.55. The standard InChI is InChI=1S/C41H47N3O10S2.K/c1-40(2)31-25-29(55(48,49)50)15-17-33(31)42(5)35(40)19-13-27-10-9-11-28(24-27)14-20-36-41(3,4)32-26-30(56(51,52)53)16-18-34(32)43(36)23-8-6-7-12-39(47)54-44-37(45)21-22-38(44)46;/h13-20,24-26H,6-12,21-23H2,1-5H3,(H-,48,49,50,51,52,53);. The molecule has 1 saturated heterocycles. The Morgan fingerprint density at radius 3 is 2.21 bits per heavy atom. The maximum Gasteiger partial charge on any atom is 0.333 e. The summed E-state index contributed by atoms with van der Waals surface area (Å²) in [4.78, 5) is 42.6. The van der Waals surface area contributed by atoms with E-state index in [2.05, 4.69) is 35.3 Å². The molecule has 2 aromatic carbocycles. The molecule has 2 amide bonds. The molecule has 2 aromatic rings. The Hall–Kier alpha value is -3.06. The fourth-order valence-electron chi connectivity index (χ4n) is 8.06. The molecule has 1 radical (unpaired) electrons. The van der Waals surface area contributed by atoms with Crippen LogP contribution in [0.15, 0.2) is 93.4 Å². The minimum absolute atomic E-state index is 0. The summed E-state index contributed by atoms with van der Waals surface area (Å²) in [7, 11) is -7.09. The van der Waals surface area contributed by atoms with Crippen molar-refractivity contribution in [2.75, 3.05) is 18.5 Å². The molecule has 16 heteroatoms. The summed E-state index contributed by atoms with van der Waals surface area (Å²) >= 11 is 0. The Morgan fingerprint density at radius 2 is 1.54 bits per heavy atom. The zero-order valence-electron chi connectivity index (χ0n) is 33.2. The Bertz CT molecular complexity index is 2380. The molecule has 57 heavy (non-hydrogen) atoms. The Kier molecular flexibility index (Phi) is 13.6. The first-order valence-electron chi connectivity index (χ1n) is 18.7. The predicted molar refractivity (Wildman–Crippen MR) is 214 cm³/mol. The van der Waals surface area contributed by atoms with Crippen LogP contribution in [0.25, 0.3) is 0 Å². The molecule has 6 rings (SSSR count). The van der Waals surface area contributed by atoms with Gasteiger partial charge in [0.15, 0.2) is 5.71 Å². The van der Waals surface area contributed by atoms with Crippen molar-refractivity contribution < 1.29 is 49.7 Å². The number of hydroxylamine groups is 2. The Morgan fingerprint density at radius 1 is 0.877 bits per heavy atom. The van der Waals surface area contributed by atoms with E-state index in [0.717, 1.165) is 64.3 Å². The SMILES string of the molecule is C[N+]1=C(/C=C/C2=CC(=C\C=C3/N(CCCCCC(=O)ON4C(=O)CCC4=O)c4ccc(S(=O)(=O)[O-])cc4C3(C)C)/CCC2)C(C)(C)c2cc(S(=O)(=O)O)ccc21.[K]. The maximum absolute atomic E-state index is 12.3. The van der Waals surface area contributed by atoms with Gasteiger partial charge in [-0.1, -0.05) is 38.5 Å². The first-order valence-corrected chi connectivity index (χ1v) is 21.5. The van der Waals surface area contributed by atoms with Gasteiger partial charge in [-0.05, 0) is 99.1 Å². The van der Waals surface area contributed by atoms with Gasteiger partial charge in [0.25, 0.3) is 21.9 Å². The molecule has 0 aromatic heterocycles. The quantitative estimate of drug-likeness (QED) is 0.0883. The van der Waals surface area contributed by atoms with Gasteiger partial charge in [-0.15, -0.1) is 5.06 Å². The van der Waals surface area contributed by atoms with Crippen LogP contribution in [0.3, 0.4) is 0 Å². The number of imide groups is 1. The van der Waals surface area contributed by atoms with Crippen LogP contribution < -0.4 is 4.90 Å². The number of nitrogens with zero attached hydrogens (tertiary/aromatic N) is 3. The molecule has 1 fully saturated rings. The first-order chi connectivity index (χ1) is 26.2. The number of amides is 2. The second-order valence-corrected chi connectivity index (χ2v) is 18.5. The van der Waals surface area contributed by atoms with Gasteiger partial charge in [-0.3, -0.25) is 14.1 Å². The average molecular weight is 845 g/mol. The number of hydrogen-bond acceptors (Lipinski definition) is 10. The predicted octanol–water partition coefficient (Wildman–Crippen LogP) is 5.90. The van der Waals surface area contributed by atoms with E-state index in [0.29, 0.717) is 30.9 Å². The monoisotopic (exact) mass is 844 g/mol. The molecule has 0 unspecified atom stereocenters. The average Bonchev–Trinajstić information content (AvgIpc) is 3.63. The van der Waals surface area contributed by atoms with Crippen molar-refractivity contribution in [2.45, 2.75) is 106 Å². The van der Waals surface area contributed by atoms with Crippen LogP contribution in [-0.4, -0.2) is 124 Å². The molecule has 0 atom stereocenters. The zero-order valence-corrected chi connectivity index (χ0v) is 38.0. The number of hydrogen-bond donors (Lipinski definition) is 1. The van der Waals surface area contributed by atoms with E-state index >= 15 is 0 Å². The van der Waals surface area contributed by atoms with E-state index in [1.165, 1.54) is 24.3 Å². The molecule has 0 bridgehead atoms. The van der Waals surface area contributed by atoms with Gasteiger partial charge in [0.2, 0.25) is 5.69 Å². The van der Waals surface area contributed by atoms with Crippen LogP contribution in [0.5, 0.6) is 0 Å². The number of benzene rings is 2. The fraction of sp³-hybridized carbons (Fsp3) is 0.415. The molecule has 0 spiro atoms. The summed E-state index contributed by atoms with van der Waals surface area (Å²) in [5, 5.41) is 0.549. The smallest absolute Gasteiger partial charge is 0.333 e. The third-order valence-corrected chi connectivity index (χ3v) is 12.8. The van der Waals surface area contributed by atoms with Gasteiger partial charge in [0, 0.05) is 112 Å². The minimum atomic E-state index is -4.68. The van der Waals surface area contributed by atoms with Crippen LogP contribution in [0.4, 0.5) is 11.4 Å². The van der Waals surface area contributed by atoms with Crippen LogP contribution >= 0.6 is 0 Å². The second-order valence-electron chi connectivity index (χ2n) is 15.7. The summed E-state index contributed by atoms with van der Waals surface area (Å²) in [6.07, 6.45) is 15.0. The van der Waals surface area contributed by atoms with Crippen molar-refractivity contribution in [2.24, 2.45) is 0 Å². The molecular weight excluding hydrogens is 798 g/mol. The number of allylic oxidation sites excluding steroid dienone is 8. The largest absolute Gasteiger partial charge is 0.744 e. The summed E-state index contributed by atoms with van der Waals surface area (Å²) in [6.45, 7) is 8.58. The van der Waals surface area contributed by atoms with Gasteiger partial charge in [0.05, 0.1) is 15.2 Å². The van der Waals surface area contributed by atoms with Crippen LogP contribution in [0.1, 0.15) is 96.6 Å². The Balaban J connectivity index is 0.00000620. The molecule has 3 aliphatic heterocycles. The van der Waals surface area contributed by atoms with Crippen molar-refractivity contribution in [3.05, 3.63) is 94.7 Å². The summed E-state index contributed by atoms with van der Waals surface area (Å²) < 4.78 is 71.4. The molecule has 4 aliphatic rings. The van der Waals surface area contributed by atoms with E-state index in [1.807, 2.05) is 39.3 Å². The number of unbranched alkanes of at least 4 members (excludes halogenated alkanes) is 2. The molecule has 1 aliphatic carbocycles. The third-order valence-electron chi connectivity index (χ3n) is 11.1. The van der Waals surface area contributed by atoms with E-state index in [-0.39, 0.29) is 80.4 Å². The summed E-state index contributed by atoms with van der Waals surface area (Å²) in [5.41, 5.74) is 6.16. The van der Waals surface area contributed by atoms with Crippen molar-refractivity contribution >= 4 is 106 Å². The van der Waals surface area contributed by atoms with Crippen LogP contribution in [0, 0.1) is 0 Å². The van der Waals surface area contributed by atoms with Crippen molar-refractivity contribution in [1.82, 2.24) is 5.06 Å². The number of carbonyl (C=O) groups excluding carboxylic acids is 3. The molecule has 1 N–H and O–H groups in total. The number of carbonyl (C=O) groups is 3. The number of rotatable bonds is 12. The van der Waals surface area contributed by atoms with Gasteiger partial charge in [0.1, 0.15) is 17.2 Å². The fourth-order valence-corrected chi connectivity index (χ4v) is 9.07. The van der Waals surface area contributed by atoms with Gasteiger partial charge in [-0.25, -0.2) is 13.2 Å². The number of fused-ring (bicyclic) bond motifs is 2. The van der Waals surface area contributed by atoms with Crippen molar-refractivity contribution in [3.63, 3.8) is 0 Å². The molecule has 0 saturated carbocycles. The topological polar surface area (TPSA) is 181 Å². The first kappa shape index (κ1) is 45.0. The van der Waals surface area contributed by atoms with Gasteiger partial charge in [-0.2, -0.15) is 13.0 Å². The van der Waals surface area contributed by atoms with E-state index in [9.17, 15) is 40.3 Å². The Labute approximate surface area is 377 Å². The van der Waals surface area contributed by atoms with Gasteiger partial charge >= 0.3 is 5.97 Å². The number of anilines is 1. The van der Waals surface area contributed by atoms with E-state index in [4.69, 9.17) is 4.84 Å².